The number of hydrogen-bond donors (Lipinski definition) is 1. The smallest absolute Gasteiger partial charge is 0.326 e. The predicted octanol–water partition coefficient (Wildman–Crippen LogP) is 2.28. The second-order valence-corrected chi connectivity index (χ2v) is 6.70. The summed E-state index contributed by atoms with van der Waals surface area (Å²) in [6.45, 7) is 1.34. The normalized spacial score (nSPS) is 12.9. The SMILES string of the molecule is CCc1ccc(CN)cc1S(=O)(=O)N(C)CCC(F)(F)F. The molecule has 21 heavy (non-hydrogen) atoms. The van der Waals surface area contributed by atoms with Crippen molar-refractivity contribution in [3.05, 3.63) is 29.3 Å². The molecule has 1 aromatic carbocycles. The van der Waals surface area contributed by atoms with Crippen molar-refractivity contribution >= 4 is 10.0 Å². The molecule has 0 aliphatic heterocycles. The number of halogens is 3. The van der Waals surface area contributed by atoms with Gasteiger partial charge in [-0.2, -0.15) is 13.2 Å². The van der Waals surface area contributed by atoms with E-state index in [1.807, 2.05) is 0 Å². The van der Waals surface area contributed by atoms with E-state index < -0.39 is 29.2 Å². The maximum atomic E-state index is 12.4. The minimum atomic E-state index is -4.39. The molecule has 8 heteroatoms. The van der Waals surface area contributed by atoms with Crippen molar-refractivity contribution in [1.29, 1.82) is 0 Å². The van der Waals surface area contributed by atoms with Crippen LogP contribution in [0.5, 0.6) is 0 Å². The van der Waals surface area contributed by atoms with Crippen molar-refractivity contribution in [1.82, 2.24) is 4.31 Å². The first-order valence-corrected chi connectivity index (χ1v) is 7.90. The lowest BCUT2D eigenvalue weighted by molar-refractivity contribution is -0.135. The molecule has 0 bridgehead atoms. The molecule has 4 nitrogen and oxygen atoms in total. The highest BCUT2D eigenvalue weighted by Crippen LogP contribution is 2.24. The van der Waals surface area contributed by atoms with Gasteiger partial charge >= 0.3 is 6.18 Å². The van der Waals surface area contributed by atoms with Gasteiger partial charge in [-0.15, -0.1) is 0 Å². The summed E-state index contributed by atoms with van der Waals surface area (Å²) in [7, 11) is -2.81. The minimum absolute atomic E-state index is 0.0256. The third kappa shape index (κ3) is 4.69. The van der Waals surface area contributed by atoms with E-state index in [1.165, 1.54) is 6.07 Å². The average molecular weight is 324 g/mol. The van der Waals surface area contributed by atoms with Crippen molar-refractivity contribution in [3.63, 3.8) is 0 Å². The van der Waals surface area contributed by atoms with Crippen molar-refractivity contribution in [2.45, 2.75) is 37.4 Å². The minimum Gasteiger partial charge on any atom is -0.326 e. The largest absolute Gasteiger partial charge is 0.390 e. The number of benzene rings is 1. The van der Waals surface area contributed by atoms with Crippen LogP contribution >= 0.6 is 0 Å². The fourth-order valence-electron chi connectivity index (χ4n) is 1.83. The zero-order valence-electron chi connectivity index (χ0n) is 11.9. The van der Waals surface area contributed by atoms with Gasteiger partial charge in [0.25, 0.3) is 0 Å². The van der Waals surface area contributed by atoms with E-state index in [9.17, 15) is 21.6 Å². The van der Waals surface area contributed by atoms with Crippen LogP contribution in [0.25, 0.3) is 0 Å². The predicted molar refractivity (Wildman–Crippen MR) is 74.2 cm³/mol. The number of nitrogens with zero attached hydrogens (tertiary/aromatic N) is 1. The van der Waals surface area contributed by atoms with Crippen LogP contribution in [0, 0.1) is 0 Å². The Hall–Kier alpha value is -1.12. The summed E-state index contributed by atoms with van der Waals surface area (Å²) in [6.07, 6.45) is -5.11. The number of sulfonamides is 1. The van der Waals surface area contributed by atoms with Crippen LogP contribution in [0.15, 0.2) is 23.1 Å². The average Bonchev–Trinajstić information content (AvgIpc) is 2.42. The molecule has 0 aliphatic rings. The first-order chi connectivity index (χ1) is 9.61. The van der Waals surface area contributed by atoms with Crippen LogP contribution in [0.3, 0.4) is 0 Å². The van der Waals surface area contributed by atoms with Crippen molar-refractivity contribution < 1.29 is 21.6 Å². The van der Waals surface area contributed by atoms with Gasteiger partial charge in [0.15, 0.2) is 0 Å². The molecule has 1 aromatic rings. The molecule has 2 N–H and O–H groups in total. The van der Waals surface area contributed by atoms with E-state index in [2.05, 4.69) is 0 Å². The summed E-state index contributed by atoms with van der Waals surface area (Å²) in [6, 6.07) is 4.79. The molecule has 120 valence electrons. The van der Waals surface area contributed by atoms with Crippen LogP contribution in [-0.4, -0.2) is 32.5 Å². The lowest BCUT2D eigenvalue weighted by Crippen LogP contribution is -2.31. The van der Waals surface area contributed by atoms with Gasteiger partial charge in [0.2, 0.25) is 10.0 Å². The summed E-state index contributed by atoms with van der Waals surface area (Å²) in [4.78, 5) is 0.0256. The summed E-state index contributed by atoms with van der Waals surface area (Å²) >= 11 is 0. The summed E-state index contributed by atoms with van der Waals surface area (Å²) < 4.78 is 62.3. The molecule has 0 spiro atoms. The molecular formula is C13H19F3N2O2S. The highest BCUT2D eigenvalue weighted by molar-refractivity contribution is 7.89. The third-order valence-corrected chi connectivity index (χ3v) is 5.09. The van der Waals surface area contributed by atoms with E-state index in [1.54, 1.807) is 19.1 Å². The highest BCUT2D eigenvalue weighted by Gasteiger charge is 2.31. The van der Waals surface area contributed by atoms with Gasteiger partial charge in [0.1, 0.15) is 0 Å². The van der Waals surface area contributed by atoms with Crippen LogP contribution in [-0.2, 0) is 23.0 Å². The Morgan fingerprint density at radius 2 is 1.90 bits per heavy atom. The maximum Gasteiger partial charge on any atom is 0.390 e. The van der Waals surface area contributed by atoms with Gasteiger partial charge in [-0.05, 0) is 23.6 Å². The lowest BCUT2D eigenvalue weighted by Gasteiger charge is -2.20. The lowest BCUT2D eigenvalue weighted by atomic mass is 10.1. The van der Waals surface area contributed by atoms with E-state index >= 15 is 0 Å². The number of aryl methyl sites for hydroxylation is 1. The highest BCUT2D eigenvalue weighted by atomic mass is 32.2. The fourth-order valence-corrected chi connectivity index (χ4v) is 3.34. The molecule has 0 radical (unpaired) electrons. The molecule has 0 saturated carbocycles. The van der Waals surface area contributed by atoms with E-state index in [4.69, 9.17) is 5.73 Å². The van der Waals surface area contributed by atoms with Gasteiger partial charge in [0, 0.05) is 20.1 Å². The Kier molecular flexibility index (Phi) is 5.77. The Morgan fingerprint density at radius 1 is 1.29 bits per heavy atom. The molecule has 0 fully saturated rings. The van der Waals surface area contributed by atoms with Gasteiger partial charge in [-0.3, -0.25) is 0 Å². The van der Waals surface area contributed by atoms with E-state index in [-0.39, 0.29) is 11.4 Å². The Morgan fingerprint density at radius 3 is 2.38 bits per heavy atom. The van der Waals surface area contributed by atoms with Crippen molar-refractivity contribution in [2.24, 2.45) is 5.73 Å². The summed E-state index contributed by atoms with van der Waals surface area (Å²) in [5, 5.41) is 0. The maximum absolute atomic E-state index is 12.4. The van der Waals surface area contributed by atoms with Gasteiger partial charge < -0.3 is 5.73 Å². The molecule has 1 rings (SSSR count). The molecular weight excluding hydrogens is 305 g/mol. The quantitative estimate of drug-likeness (QED) is 0.873. The number of nitrogens with two attached hydrogens (primary N) is 1. The molecule has 0 heterocycles. The second-order valence-electron chi connectivity index (χ2n) is 4.69. The van der Waals surface area contributed by atoms with Crippen LogP contribution in [0.2, 0.25) is 0 Å². The second kappa shape index (κ2) is 6.76. The van der Waals surface area contributed by atoms with E-state index in [0.29, 0.717) is 17.5 Å². The summed E-state index contributed by atoms with van der Waals surface area (Å²) in [5.41, 5.74) is 6.67. The van der Waals surface area contributed by atoms with Gasteiger partial charge in [-0.1, -0.05) is 19.1 Å². The molecule has 0 aromatic heterocycles. The monoisotopic (exact) mass is 324 g/mol. The number of rotatable bonds is 6. The van der Waals surface area contributed by atoms with Crippen molar-refractivity contribution in [3.8, 4) is 0 Å². The molecule has 0 unspecified atom stereocenters. The Bertz CT molecular complexity index is 586. The first-order valence-electron chi connectivity index (χ1n) is 6.46. The standard InChI is InChI=1S/C13H19F3N2O2S/c1-3-11-5-4-10(9-17)8-12(11)21(19,20)18(2)7-6-13(14,15)16/h4-5,8H,3,6-7,9,17H2,1-2H3. The third-order valence-electron chi connectivity index (χ3n) is 3.15. The molecule has 0 saturated heterocycles. The number of hydrogen-bond acceptors (Lipinski definition) is 3. The topological polar surface area (TPSA) is 63.4 Å². The van der Waals surface area contributed by atoms with Crippen molar-refractivity contribution in [2.75, 3.05) is 13.6 Å². The van der Waals surface area contributed by atoms with Crippen LogP contribution in [0.1, 0.15) is 24.5 Å². The Balaban J connectivity index is 3.11. The van der Waals surface area contributed by atoms with Crippen LogP contribution < -0.4 is 5.73 Å². The first kappa shape index (κ1) is 17.9. The fraction of sp³-hybridized carbons (Fsp3) is 0.538. The van der Waals surface area contributed by atoms with E-state index in [0.717, 1.165) is 11.4 Å². The number of alkyl halides is 3. The molecule has 0 amide bonds. The van der Waals surface area contributed by atoms with Gasteiger partial charge in [-0.25, -0.2) is 12.7 Å². The molecule has 0 atom stereocenters. The summed E-state index contributed by atoms with van der Waals surface area (Å²) in [5.74, 6) is 0. The van der Waals surface area contributed by atoms with Crippen LogP contribution in [0.4, 0.5) is 13.2 Å². The molecule has 0 aliphatic carbocycles. The van der Waals surface area contributed by atoms with Gasteiger partial charge in [0.05, 0.1) is 11.3 Å². The Labute approximate surface area is 122 Å². The zero-order chi connectivity index (χ0) is 16.3. The zero-order valence-corrected chi connectivity index (χ0v) is 12.8.